The highest BCUT2D eigenvalue weighted by molar-refractivity contribution is 7.90. The number of hydrogen-bond acceptors (Lipinski definition) is 6. The van der Waals surface area contributed by atoms with Gasteiger partial charge in [-0.15, -0.1) is 4.72 Å². The number of rotatable bonds is 8. The molecule has 0 spiro atoms. The molecule has 0 saturated carbocycles. The number of urea groups is 1. The zero-order chi connectivity index (χ0) is 26.0. The summed E-state index contributed by atoms with van der Waals surface area (Å²) in [5.74, 6) is 0.601. The molecule has 3 N–H and O–H groups in total. The fraction of sp³-hybridized carbons (Fsp3) is 0.625. The Hall–Kier alpha value is -1.20. The summed E-state index contributed by atoms with van der Waals surface area (Å²) in [6.45, 7) is 10.6. The predicted octanol–water partition coefficient (Wildman–Crippen LogP) is 3.52. The molecule has 3 rings (SSSR count). The molecule has 1 unspecified atom stereocenters. The van der Waals surface area contributed by atoms with Crippen LogP contribution in [0, 0.1) is 5.92 Å². The van der Waals surface area contributed by atoms with Crippen LogP contribution in [0.1, 0.15) is 45.2 Å². The second-order valence-corrected chi connectivity index (χ2v) is 13.0. The molecule has 0 aliphatic carbocycles. The number of piperidine rings is 1. The highest BCUT2D eigenvalue weighted by Gasteiger charge is 2.45. The van der Waals surface area contributed by atoms with Gasteiger partial charge in [-0.2, -0.15) is 0 Å². The zero-order valence-corrected chi connectivity index (χ0v) is 22.8. The number of aliphatic hydroxyl groups is 2. The van der Waals surface area contributed by atoms with E-state index in [0.29, 0.717) is 41.7 Å². The smallest absolute Gasteiger partial charge is 0.320 e. The van der Waals surface area contributed by atoms with Gasteiger partial charge in [0.05, 0.1) is 35.8 Å². The van der Waals surface area contributed by atoms with Crippen molar-refractivity contribution >= 4 is 40.6 Å². The van der Waals surface area contributed by atoms with Crippen LogP contribution in [-0.2, 0) is 11.4 Å². The van der Waals surface area contributed by atoms with Crippen molar-refractivity contribution in [3.8, 4) is 5.75 Å². The van der Waals surface area contributed by atoms with Crippen LogP contribution in [0.2, 0.25) is 10.0 Å². The molecule has 2 heterocycles. The number of carbonyl (C=O) groups is 1. The molecule has 2 fully saturated rings. The Morgan fingerprint density at radius 3 is 2.46 bits per heavy atom. The molecular formula is C24H35Cl2N3O5S. The van der Waals surface area contributed by atoms with Crippen molar-refractivity contribution in [2.45, 2.75) is 50.0 Å². The molecule has 2 aliphatic heterocycles. The van der Waals surface area contributed by atoms with Crippen LogP contribution in [0.15, 0.2) is 24.8 Å². The van der Waals surface area contributed by atoms with Crippen LogP contribution in [-0.4, -0.2) is 80.3 Å². The van der Waals surface area contributed by atoms with Crippen molar-refractivity contribution < 1.29 is 24.3 Å². The molecule has 35 heavy (non-hydrogen) atoms. The van der Waals surface area contributed by atoms with Gasteiger partial charge in [-0.1, -0.05) is 35.9 Å². The average Bonchev–Trinajstić information content (AvgIpc) is 2.80. The monoisotopic (exact) mass is 547 g/mol. The minimum atomic E-state index is -1.36. The van der Waals surface area contributed by atoms with E-state index in [9.17, 15) is 19.6 Å². The Bertz CT molecular complexity index is 915. The van der Waals surface area contributed by atoms with Gasteiger partial charge in [0.15, 0.2) is 0 Å². The number of amides is 2. The first-order valence-corrected chi connectivity index (χ1v) is 13.6. The van der Waals surface area contributed by atoms with Gasteiger partial charge >= 0.3 is 6.03 Å². The summed E-state index contributed by atoms with van der Waals surface area (Å²) in [4.78, 5) is 16.1. The molecule has 2 atom stereocenters. The minimum Gasteiger partial charge on any atom is -0.598 e. The third kappa shape index (κ3) is 6.77. The van der Waals surface area contributed by atoms with Crippen molar-refractivity contribution in [2.24, 2.45) is 5.92 Å². The van der Waals surface area contributed by atoms with E-state index in [4.69, 9.17) is 27.9 Å². The van der Waals surface area contributed by atoms with Crippen molar-refractivity contribution in [3.63, 3.8) is 0 Å². The average molecular weight is 549 g/mol. The Morgan fingerprint density at radius 2 is 1.91 bits per heavy atom. The molecule has 0 aromatic heterocycles. The molecule has 196 valence electrons. The Labute approximate surface area is 220 Å². The molecule has 0 bridgehead atoms. The summed E-state index contributed by atoms with van der Waals surface area (Å²) in [5.41, 5.74) is -0.435. The zero-order valence-electron chi connectivity index (χ0n) is 20.4. The van der Waals surface area contributed by atoms with Gasteiger partial charge in [0.25, 0.3) is 0 Å². The van der Waals surface area contributed by atoms with Gasteiger partial charge < -0.3 is 29.3 Å². The number of carbonyl (C=O) groups excluding carboxylic acids is 1. The highest BCUT2D eigenvalue weighted by Crippen LogP contribution is 2.41. The van der Waals surface area contributed by atoms with E-state index in [1.54, 1.807) is 28.0 Å². The van der Waals surface area contributed by atoms with Gasteiger partial charge in [-0.3, -0.25) is 0 Å². The standard InChI is InChI=1S/C24H35Cl2N3O5S/c1-5-10-34-20-12-19(26)18(25)11-17(20)21(27-35(33)23(2,3)4)16-6-8-28(9-7-16)22(31)29-13-24(32,14-29)15-30/h5,11-12,16,21,27,30,32H,1,6-10,13-15H2,2-4H3/t21?,35-/m0/s1. The number of nitrogens with zero attached hydrogens (tertiary/aromatic N) is 2. The summed E-state index contributed by atoms with van der Waals surface area (Å²) < 4.78 is 21.8. The summed E-state index contributed by atoms with van der Waals surface area (Å²) in [6.07, 6.45) is 2.98. The van der Waals surface area contributed by atoms with Gasteiger partial charge in [0, 0.05) is 36.1 Å². The lowest BCUT2D eigenvalue weighted by molar-refractivity contribution is -0.111. The molecule has 11 heteroatoms. The Balaban J connectivity index is 1.80. The van der Waals surface area contributed by atoms with Crippen LogP contribution >= 0.6 is 23.2 Å². The maximum Gasteiger partial charge on any atom is 0.320 e. The van der Waals surface area contributed by atoms with Crippen LogP contribution in [0.4, 0.5) is 4.79 Å². The van der Waals surface area contributed by atoms with Crippen molar-refractivity contribution in [2.75, 3.05) is 39.4 Å². The first-order chi connectivity index (χ1) is 16.4. The van der Waals surface area contributed by atoms with Gasteiger partial charge in [0.1, 0.15) is 22.7 Å². The Morgan fingerprint density at radius 1 is 1.31 bits per heavy atom. The van der Waals surface area contributed by atoms with Gasteiger partial charge in [-0.25, -0.2) is 4.79 Å². The molecule has 1 aromatic rings. The lowest BCUT2D eigenvalue weighted by atomic mass is 9.85. The van der Waals surface area contributed by atoms with E-state index < -0.39 is 21.7 Å². The predicted molar refractivity (Wildman–Crippen MR) is 139 cm³/mol. The van der Waals surface area contributed by atoms with E-state index in [1.807, 2.05) is 20.8 Å². The summed E-state index contributed by atoms with van der Waals surface area (Å²) in [6, 6.07) is 2.94. The largest absolute Gasteiger partial charge is 0.598 e. The second kappa shape index (κ2) is 11.5. The normalized spacial score (nSPS) is 20.2. The summed E-state index contributed by atoms with van der Waals surface area (Å²) in [5, 5.41) is 20.0. The number of benzene rings is 1. The molecule has 0 radical (unpaired) electrons. The molecule has 8 nitrogen and oxygen atoms in total. The Kier molecular flexibility index (Phi) is 9.29. The lowest BCUT2D eigenvalue weighted by Gasteiger charge is -2.48. The first-order valence-electron chi connectivity index (χ1n) is 11.7. The number of ether oxygens (including phenoxy) is 1. The van der Waals surface area contributed by atoms with E-state index in [1.165, 1.54) is 0 Å². The summed E-state index contributed by atoms with van der Waals surface area (Å²) >= 11 is 11.3. The third-order valence-electron chi connectivity index (χ3n) is 6.35. The van der Waals surface area contributed by atoms with Crippen molar-refractivity contribution in [1.29, 1.82) is 0 Å². The maximum absolute atomic E-state index is 13.1. The number of likely N-dealkylation sites (tertiary alicyclic amines) is 2. The van der Waals surface area contributed by atoms with Crippen LogP contribution in [0.25, 0.3) is 0 Å². The number of β-amino-alcohol motifs (C(OH)–C–C–N with tert-alkyl or cyclic N) is 1. The quantitative estimate of drug-likeness (QED) is 0.339. The maximum atomic E-state index is 13.1. The second-order valence-electron chi connectivity index (χ2n) is 10.2. The number of aliphatic hydroxyl groups excluding tert-OH is 1. The number of hydrogen-bond donors (Lipinski definition) is 3. The first kappa shape index (κ1) is 28.4. The van der Waals surface area contributed by atoms with Gasteiger partial charge in [0.2, 0.25) is 0 Å². The number of halogens is 2. The van der Waals surface area contributed by atoms with Crippen LogP contribution < -0.4 is 9.46 Å². The van der Waals surface area contributed by atoms with E-state index >= 15 is 0 Å². The molecular weight excluding hydrogens is 513 g/mol. The van der Waals surface area contributed by atoms with Crippen molar-refractivity contribution in [3.05, 3.63) is 40.4 Å². The molecule has 2 amide bonds. The molecule has 2 aliphatic rings. The topological polar surface area (TPSA) is 108 Å². The van der Waals surface area contributed by atoms with Gasteiger partial charge in [-0.05, 0) is 45.6 Å². The van der Waals surface area contributed by atoms with E-state index in [0.717, 1.165) is 5.56 Å². The molecule has 2 saturated heterocycles. The van der Waals surface area contributed by atoms with Crippen LogP contribution in [0.3, 0.4) is 0 Å². The van der Waals surface area contributed by atoms with E-state index in [-0.39, 0.29) is 44.3 Å². The fourth-order valence-electron chi connectivity index (χ4n) is 4.29. The van der Waals surface area contributed by atoms with Crippen LogP contribution in [0.5, 0.6) is 5.75 Å². The fourth-order valence-corrected chi connectivity index (χ4v) is 5.52. The summed E-state index contributed by atoms with van der Waals surface area (Å²) in [7, 11) is 0. The van der Waals surface area contributed by atoms with Crippen molar-refractivity contribution in [1.82, 2.24) is 14.5 Å². The lowest BCUT2D eigenvalue weighted by Crippen LogP contribution is -2.67. The van der Waals surface area contributed by atoms with E-state index in [2.05, 4.69) is 11.3 Å². The highest BCUT2D eigenvalue weighted by atomic mass is 35.5. The SMILES string of the molecule is C=CCOc1cc(Cl)c(Cl)cc1C(N[S@@+]([O-])C(C)(C)C)C1CCN(C(=O)N2CC(O)(CO)C2)CC1. The molecule has 1 aromatic carbocycles. The number of nitrogens with one attached hydrogen (secondary N) is 1. The third-order valence-corrected chi connectivity index (χ3v) is 8.65. The minimum absolute atomic E-state index is 0.0550.